The Kier molecular flexibility index (Phi) is 4.43. The Morgan fingerprint density at radius 3 is 2.35 bits per heavy atom. The molecule has 0 spiro atoms. The van der Waals surface area contributed by atoms with Gasteiger partial charge in [-0.2, -0.15) is 8.75 Å². The van der Waals surface area contributed by atoms with E-state index in [4.69, 9.17) is 14.2 Å². The monoisotopic (exact) mass is 328 g/mol. The SMILES string of the molecule is COc1ccc(/C=C\c2ccc3nsnc3c2)c(OC)c1OC. The standard InChI is InChI=1S/C17H16N2O3S/c1-20-15-9-7-12(16(21-2)17(15)22-3)6-4-11-5-8-13-14(10-11)19-23-18-13/h4-10H,1-3H3/b6-4-. The highest BCUT2D eigenvalue weighted by Gasteiger charge is 2.14. The summed E-state index contributed by atoms with van der Waals surface area (Å²) in [6.45, 7) is 0. The van der Waals surface area contributed by atoms with Crippen LogP contribution in [0.4, 0.5) is 0 Å². The van der Waals surface area contributed by atoms with E-state index in [9.17, 15) is 0 Å². The first-order valence-corrected chi connectivity index (χ1v) is 7.69. The lowest BCUT2D eigenvalue weighted by molar-refractivity contribution is 0.324. The van der Waals surface area contributed by atoms with Gasteiger partial charge in [0.2, 0.25) is 5.75 Å². The average molecular weight is 328 g/mol. The topological polar surface area (TPSA) is 53.5 Å². The van der Waals surface area contributed by atoms with Crippen LogP contribution in [0.1, 0.15) is 11.1 Å². The third-order valence-corrected chi connectivity index (χ3v) is 4.02. The first kappa shape index (κ1) is 15.3. The molecule has 0 bridgehead atoms. The lowest BCUT2D eigenvalue weighted by Crippen LogP contribution is -1.96. The van der Waals surface area contributed by atoms with Gasteiger partial charge in [0.15, 0.2) is 11.5 Å². The Hall–Kier alpha value is -2.60. The van der Waals surface area contributed by atoms with E-state index < -0.39 is 0 Å². The number of nitrogens with zero attached hydrogens (tertiary/aromatic N) is 2. The molecule has 3 aromatic rings. The van der Waals surface area contributed by atoms with E-state index in [2.05, 4.69) is 8.75 Å². The van der Waals surface area contributed by atoms with Crippen LogP contribution < -0.4 is 14.2 Å². The molecule has 0 radical (unpaired) electrons. The molecule has 0 unspecified atom stereocenters. The Labute approximate surface area is 138 Å². The van der Waals surface area contributed by atoms with Crippen LogP contribution in [0.25, 0.3) is 23.2 Å². The van der Waals surface area contributed by atoms with Crippen LogP contribution >= 0.6 is 11.7 Å². The maximum atomic E-state index is 5.48. The van der Waals surface area contributed by atoms with Gasteiger partial charge in [0.05, 0.1) is 33.1 Å². The van der Waals surface area contributed by atoms with Crippen LogP contribution in [-0.2, 0) is 0 Å². The fourth-order valence-corrected chi connectivity index (χ4v) is 2.86. The summed E-state index contributed by atoms with van der Waals surface area (Å²) in [6.07, 6.45) is 3.98. The van der Waals surface area contributed by atoms with Crippen molar-refractivity contribution in [1.82, 2.24) is 8.75 Å². The van der Waals surface area contributed by atoms with Crippen molar-refractivity contribution in [2.45, 2.75) is 0 Å². The zero-order chi connectivity index (χ0) is 16.2. The van der Waals surface area contributed by atoms with Gasteiger partial charge in [-0.25, -0.2) is 0 Å². The van der Waals surface area contributed by atoms with Crippen LogP contribution in [0.2, 0.25) is 0 Å². The summed E-state index contributed by atoms with van der Waals surface area (Å²) in [5.74, 6) is 1.85. The van der Waals surface area contributed by atoms with Gasteiger partial charge in [0.25, 0.3) is 0 Å². The van der Waals surface area contributed by atoms with Crippen molar-refractivity contribution >= 4 is 34.9 Å². The lowest BCUT2D eigenvalue weighted by atomic mass is 10.1. The van der Waals surface area contributed by atoms with Crippen LogP contribution in [-0.4, -0.2) is 30.1 Å². The highest BCUT2D eigenvalue weighted by atomic mass is 32.1. The van der Waals surface area contributed by atoms with Gasteiger partial charge in [0.1, 0.15) is 11.0 Å². The average Bonchev–Trinajstić information content (AvgIpc) is 3.06. The number of hydrogen-bond donors (Lipinski definition) is 0. The first-order chi connectivity index (χ1) is 11.3. The van der Waals surface area contributed by atoms with Gasteiger partial charge >= 0.3 is 0 Å². The number of aromatic nitrogens is 2. The van der Waals surface area contributed by atoms with Crippen LogP contribution in [0, 0.1) is 0 Å². The van der Waals surface area contributed by atoms with Crippen molar-refractivity contribution in [2.24, 2.45) is 0 Å². The van der Waals surface area contributed by atoms with Crippen LogP contribution in [0.15, 0.2) is 30.3 Å². The number of methoxy groups -OCH3 is 3. The fraction of sp³-hybridized carbons (Fsp3) is 0.176. The second kappa shape index (κ2) is 6.66. The third-order valence-electron chi connectivity index (χ3n) is 3.47. The molecule has 2 aromatic carbocycles. The molecule has 1 aromatic heterocycles. The van der Waals surface area contributed by atoms with Crippen LogP contribution in [0.3, 0.4) is 0 Å². The number of fused-ring (bicyclic) bond motifs is 1. The van der Waals surface area contributed by atoms with E-state index >= 15 is 0 Å². The lowest BCUT2D eigenvalue weighted by Gasteiger charge is -2.14. The normalized spacial score (nSPS) is 11.1. The molecular formula is C17H16N2O3S. The molecule has 5 nitrogen and oxygen atoms in total. The Bertz CT molecular complexity index is 858. The van der Waals surface area contributed by atoms with Gasteiger partial charge in [-0.1, -0.05) is 18.2 Å². The number of ether oxygens (including phenoxy) is 3. The molecule has 0 saturated heterocycles. The largest absolute Gasteiger partial charge is 0.493 e. The van der Waals surface area contributed by atoms with E-state index in [0.717, 1.165) is 22.2 Å². The molecule has 0 amide bonds. The summed E-state index contributed by atoms with van der Waals surface area (Å²) in [6, 6.07) is 9.76. The second-order valence-corrected chi connectivity index (χ2v) is 5.30. The van der Waals surface area contributed by atoms with E-state index in [1.807, 2.05) is 42.5 Å². The Balaban J connectivity index is 1.97. The molecule has 0 N–H and O–H groups in total. The van der Waals surface area contributed by atoms with Gasteiger partial charge < -0.3 is 14.2 Å². The van der Waals surface area contributed by atoms with Gasteiger partial charge in [-0.05, 0) is 29.8 Å². The molecule has 0 fully saturated rings. The number of rotatable bonds is 5. The first-order valence-electron chi connectivity index (χ1n) is 6.96. The fourth-order valence-electron chi connectivity index (χ4n) is 2.34. The Morgan fingerprint density at radius 1 is 0.826 bits per heavy atom. The minimum atomic E-state index is 0.580. The van der Waals surface area contributed by atoms with Gasteiger partial charge in [0, 0.05) is 5.56 Å². The maximum absolute atomic E-state index is 5.48. The molecule has 23 heavy (non-hydrogen) atoms. The molecule has 1 heterocycles. The minimum absolute atomic E-state index is 0.580. The van der Waals surface area contributed by atoms with E-state index in [1.54, 1.807) is 21.3 Å². The molecular weight excluding hydrogens is 312 g/mol. The predicted molar refractivity (Wildman–Crippen MR) is 92.4 cm³/mol. The zero-order valence-corrected chi connectivity index (χ0v) is 13.9. The highest BCUT2D eigenvalue weighted by molar-refractivity contribution is 7.00. The van der Waals surface area contributed by atoms with Crippen molar-refractivity contribution in [3.05, 3.63) is 41.5 Å². The third kappa shape index (κ3) is 2.98. The molecule has 0 aliphatic rings. The summed E-state index contributed by atoms with van der Waals surface area (Å²) in [5.41, 5.74) is 3.76. The molecule has 3 rings (SSSR count). The van der Waals surface area contributed by atoms with E-state index in [-0.39, 0.29) is 0 Å². The quantitative estimate of drug-likeness (QED) is 0.665. The van der Waals surface area contributed by atoms with Crippen molar-refractivity contribution < 1.29 is 14.2 Å². The van der Waals surface area contributed by atoms with Crippen molar-refractivity contribution in [1.29, 1.82) is 0 Å². The summed E-state index contributed by atoms with van der Waals surface area (Å²) in [4.78, 5) is 0. The molecule has 0 atom stereocenters. The zero-order valence-electron chi connectivity index (χ0n) is 13.1. The van der Waals surface area contributed by atoms with E-state index in [1.165, 1.54) is 11.7 Å². The summed E-state index contributed by atoms with van der Waals surface area (Å²) in [7, 11) is 4.81. The van der Waals surface area contributed by atoms with Crippen LogP contribution in [0.5, 0.6) is 17.2 Å². The van der Waals surface area contributed by atoms with Gasteiger partial charge in [-0.15, -0.1) is 0 Å². The van der Waals surface area contributed by atoms with Crippen molar-refractivity contribution in [3.63, 3.8) is 0 Å². The summed E-state index contributed by atoms with van der Waals surface area (Å²) < 4.78 is 24.6. The molecule has 0 aliphatic heterocycles. The maximum Gasteiger partial charge on any atom is 0.203 e. The smallest absolute Gasteiger partial charge is 0.203 e. The molecule has 6 heteroatoms. The van der Waals surface area contributed by atoms with Gasteiger partial charge in [-0.3, -0.25) is 0 Å². The summed E-state index contributed by atoms with van der Waals surface area (Å²) >= 11 is 1.22. The second-order valence-electron chi connectivity index (χ2n) is 4.77. The summed E-state index contributed by atoms with van der Waals surface area (Å²) in [5, 5.41) is 0. The number of benzene rings is 2. The minimum Gasteiger partial charge on any atom is -0.493 e. The molecule has 0 saturated carbocycles. The highest BCUT2D eigenvalue weighted by Crippen LogP contribution is 2.40. The molecule has 118 valence electrons. The van der Waals surface area contributed by atoms with Crippen molar-refractivity contribution in [2.75, 3.05) is 21.3 Å². The van der Waals surface area contributed by atoms with Crippen molar-refractivity contribution in [3.8, 4) is 17.2 Å². The molecule has 0 aliphatic carbocycles. The predicted octanol–water partition coefficient (Wildman–Crippen LogP) is 3.89. The Morgan fingerprint density at radius 2 is 1.61 bits per heavy atom. The number of hydrogen-bond acceptors (Lipinski definition) is 6. The van der Waals surface area contributed by atoms with E-state index in [0.29, 0.717) is 17.2 Å².